The van der Waals surface area contributed by atoms with Crippen LogP contribution in [0.1, 0.15) is 16.5 Å². The largest absolute Gasteiger partial charge is 0.465 e. The van der Waals surface area contributed by atoms with E-state index in [4.69, 9.17) is 16.7 Å². The molecule has 2 heterocycles. The Morgan fingerprint density at radius 2 is 2.22 bits per heavy atom. The van der Waals surface area contributed by atoms with Crippen LogP contribution in [0.3, 0.4) is 0 Å². The lowest BCUT2D eigenvalue weighted by atomic mass is 10.1. The van der Waals surface area contributed by atoms with E-state index in [1.54, 1.807) is 6.07 Å². The van der Waals surface area contributed by atoms with E-state index in [-0.39, 0.29) is 5.13 Å². The van der Waals surface area contributed by atoms with Crippen LogP contribution in [-0.4, -0.2) is 26.3 Å². The molecule has 3 N–H and O–H groups in total. The van der Waals surface area contributed by atoms with Gasteiger partial charge in [0.05, 0.1) is 9.90 Å². The summed E-state index contributed by atoms with van der Waals surface area (Å²) in [5.41, 5.74) is 0.521. The van der Waals surface area contributed by atoms with Crippen LogP contribution in [0.15, 0.2) is 24.7 Å². The molecule has 18 heavy (non-hydrogen) atoms. The van der Waals surface area contributed by atoms with E-state index in [0.717, 1.165) is 11.3 Å². The minimum atomic E-state index is -1.20. The predicted octanol–water partition coefficient (Wildman–Crippen LogP) is 2.36. The van der Waals surface area contributed by atoms with Gasteiger partial charge in [-0.2, -0.15) is 0 Å². The Hall–Kier alpha value is -1.70. The van der Waals surface area contributed by atoms with Crippen molar-refractivity contribution in [1.82, 2.24) is 9.97 Å². The van der Waals surface area contributed by atoms with E-state index in [1.807, 2.05) is 0 Å². The maximum atomic E-state index is 10.4. The van der Waals surface area contributed by atoms with Crippen molar-refractivity contribution in [3.05, 3.63) is 40.1 Å². The summed E-state index contributed by atoms with van der Waals surface area (Å²) in [6.45, 7) is 0. The molecule has 0 bridgehead atoms. The summed E-state index contributed by atoms with van der Waals surface area (Å²) in [7, 11) is 0. The van der Waals surface area contributed by atoms with Crippen LogP contribution in [-0.2, 0) is 0 Å². The third kappa shape index (κ3) is 2.95. The number of aromatic nitrogens is 2. The van der Waals surface area contributed by atoms with E-state index in [9.17, 15) is 9.90 Å². The highest BCUT2D eigenvalue weighted by molar-refractivity contribution is 7.15. The molecule has 6 nitrogen and oxygen atoms in total. The number of carboxylic acid groups (broad SMARTS) is 1. The van der Waals surface area contributed by atoms with Crippen molar-refractivity contribution in [2.75, 3.05) is 5.32 Å². The van der Waals surface area contributed by atoms with E-state index >= 15 is 0 Å². The Bertz CT molecular complexity index is 575. The molecule has 0 aromatic carbocycles. The molecule has 8 heteroatoms. The fraction of sp³-hybridized carbons (Fsp3) is 0.100. The van der Waals surface area contributed by atoms with Crippen molar-refractivity contribution in [2.45, 2.75) is 6.10 Å². The SMILES string of the molecule is O=C(O)Nc1ncc(C(O)c2cncc(Cl)c2)s1. The van der Waals surface area contributed by atoms with E-state index < -0.39 is 12.2 Å². The molecule has 0 aliphatic heterocycles. The van der Waals surface area contributed by atoms with Crippen molar-refractivity contribution in [3.8, 4) is 0 Å². The highest BCUT2D eigenvalue weighted by Crippen LogP contribution is 2.29. The van der Waals surface area contributed by atoms with Gasteiger partial charge in [0, 0.05) is 24.2 Å². The lowest BCUT2D eigenvalue weighted by molar-refractivity contribution is 0.209. The Morgan fingerprint density at radius 3 is 2.89 bits per heavy atom. The highest BCUT2D eigenvalue weighted by Gasteiger charge is 2.15. The molecular weight excluding hydrogens is 278 g/mol. The molecule has 0 spiro atoms. The van der Waals surface area contributed by atoms with Gasteiger partial charge in [-0.05, 0) is 6.07 Å². The third-order valence-corrected chi connectivity index (χ3v) is 3.22. The summed E-state index contributed by atoms with van der Waals surface area (Å²) in [4.78, 5) is 18.6. The zero-order valence-corrected chi connectivity index (χ0v) is 10.4. The smallest absolute Gasteiger partial charge is 0.410 e. The standard InChI is InChI=1S/C10H8ClN3O3S/c11-6-1-5(2-12-3-6)8(15)7-4-13-9(18-7)14-10(16)17/h1-4,8,15H,(H,13,14)(H,16,17). The van der Waals surface area contributed by atoms with Gasteiger partial charge in [-0.25, -0.2) is 9.78 Å². The van der Waals surface area contributed by atoms with Gasteiger partial charge in [0.15, 0.2) is 5.13 Å². The molecule has 2 aromatic heterocycles. The second-order valence-corrected chi connectivity index (χ2v) is 4.84. The quantitative estimate of drug-likeness (QED) is 0.804. The van der Waals surface area contributed by atoms with Crippen molar-refractivity contribution in [2.24, 2.45) is 0 Å². The molecule has 0 radical (unpaired) electrons. The Labute approximate surface area is 111 Å². The molecule has 0 saturated heterocycles. The van der Waals surface area contributed by atoms with Crippen molar-refractivity contribution >= 4 is 34.2 Å². The van der Waals surface area contributed by atoms with Crippen LogP contribution < -0.4 is 5.32 Å². The van der Waals surface area contributed by atoms with Crippen molar-refractivity contribution in [3.63, 3.8) is 0 Å². The minimum Gasteiger partial charge on any atom is -0.465 e. The van der Waals surface area contributed by atoms with Crippen LogP contribution in [0.2, 0.25) is 5.02 Å². The molecule has 0 aliphatic carbocycles. The summed E-state index contributed by atoms with van der Waals surface area (Å²) in [6.07, 6.45) is 2.22. The number of hydrogen-bond donors (Lipinski definition) is 3. The molecule has 1 atom stereocenters. The van der Waals surface area contributed by atoms with Crippen LogP contribution in [0.25, 0.3) is 0 Å². The number of thiazole rings is 1. The van der Waals surface area contributed by atoms with Gasteiger partial charge < -0.3 is 10.2 Å². The number of nitrogens with one attached hydrogen (secondary N) is 1. The molecule has 0 fully saturated rings. The first-order valence-electron chi connectivity index (χ1n) is 4.80. The highest BCUT2D eigenvalue weighted by atomic mass is 35.5. The molecule has 0 aliphatic rings. The van der Waals surface area contributed by atoms with Crippen molar-refractivity contribution in [1.29, 1.82) is 0 Å². The monoisotopic (exact) mass is 285 g/mol. The van der Waals surface area contributed by atoms with Gasteiger partial charge in [-0.1, -0.05) is 22.9 Å². The maximum absolute atomic E-state index is 10.4. The van der Waals surface area contributed by atoms with E-state index in [0.29, 0.717) is 15.5 Å². The van der Waals surface area contributed by atoms with Gasteiger partial charge >= 0.3 is 6.09 Å². The topological polar surface area (TPSA) is 95.3 Å². The van der Waals surface area contributed by atoms with Crippen molar-refractivity contribution < 1.29 is 15.0 Å². The number of anilines is 1. The number of pyridine rings is 1. The summed E-state index contributed by atoms with van der Waals surface area (Å²) in [5, 5.41) is 21.3. The Balaban J connectivity index is 2.21. The number of halogens is 1. The van der Waals surface area contributed by atoms with E-state index in [2.05, 4.69) is 15.3 Å². The molecular formula is C10H8ClN3O3S. The number of nitrogens with zero attached hydrogens (tertiary/aromatic N) is 2. The molecule has 2 rings (SSSR count). The van der Waals surface area contributed by atoms with Gasteiger partial charge in [0.25, 0.3) is 0 Å². The molecule has 2 aromatic rings. The predicted molar refractivity (Wildman–Crippen MR) is 67.1 cm³/mol. The van der Waals surface area contributed by atoms with Gasteiger partial charge in [0.1, 0.15) is 6.10 Å². The summed E-state index contributed by atoms with van der Waals surface area (Å²) >= 11 is 6.82. The maximum Gasteiger partial charge on any atom is 0.410 e. The minimum absolute atomic E-state index is 0.200. The normalized spacial score (nSPS) is 12.1. The van der Waals surface area contributed by atoms with Crippen LogP contribution in [0, 0.1) is 0 Å². The van der Waals surface area contributed by atoms with Gasteiger partial charge in [-0.15, -0.1) is 0 Å². The zero-order chi connectivity index (χ0) is 13.1. The van der Waals surface area contributed by atoms with Crippen LogP contribution >= 0.6 is 22.9 Å². The molecule has 94 valence electrons. The Morgan fingerprint density at radius 1 is 1.44 bits per heavy atom. The van der Waals surface area contributed by atoms with Crippen LogP contribution in [0.5, 0.6) is 0 Å². The lowest BCUT2D eigenvalue weighted by Gasteiger charge is -2.07. The fourth-order valence-corrected chi connectivity index (χ4v) is 2.31. The second kappa shape index (κ2) is 5.30. The van der Waals surface area contributed by atoms with E-state index in [1.165, 1.54) is 18.6 Å². The lowest BCUT2D eigenvalue weighted by Crippen LogP contribution is -2.06. The molecule has 1 unspecified atom stereocenters. The fourth-order valence-electron chi connectivity index (χ4n) is 1.30. The van der Waals surface area contributed by atoms with Gasteiger partial charge in [0.2, 0.25) is 0 Å². The first kappa shape index (κ1) is 12.7. The third-order valence-electron chi connectivity index (χ3n) is 2.05. The number of rotatable bonds is 3. The second-order valence-electron chi connectivity index (χ2n) is 3.34. The average Bonchev–Trinajstić information content (AvgIpc) is 2.75. The Kier molecular flexibility index (Phi) is 3.75. The summed E-state index contributed by atoms with van der Waals surface area (Å²) < 4.78 is 0. The van der Waals surface area contributed by atoms with Crippen LogP contribution in [0.4, 0.5) is 9.93 Å². The number of carbonyl (C=O) groups is 1. The number of amides is 1. The first-order chi connectivity index (χ1) is 8.56. The molecule has 0 saturated carbocycles. The number of hydrogen-bond acceptors (Lipinski definition) is 5. The molecule has 1 amide bonds. The average molecular weight is 286 g/mol. The number of aliphatic hydroxyl groups is 1. The first-order valence-corrected chi connectivity index (χ1v) is 6.00. The summed E-state index contributed by atoms with van der Waals surface area (Å²) in [6, 6.07) is 1.59. The number of aliphatic hydroxyl groups excluding tert-OH is 1. The summed E-state index contributed by atoms with van der Waals surface area (Å²) in [5.74, 6) is 0. The zero-order valence-electron chi connectivity index (χ0n) is 8.87. The van der Waals surface area contributed by atoms with Gasteiger partial charge in [-0.3, -0.25) is 10.3 Å².